The second kappa shape index (κ2) is 7.17. The topological polar surface area (TPSA) is 58.2 Å². The number of carbonyl (C=O) groups is 2. The van der Waals surface area contributed by atoms with Crippen molar-refractivity contribution in [3.63, 3.8) is 0 Å². The lowest BCUT2D eigenvalue weighted by Gasteiger charge is -2.08. The Morgan fingerprint density at radius 2 is 1.82 bits per heavy atom. The molecule has 2 aromatic rings. The normalized spacial score (nSPS) is 10.1. The number of anilines is 1. The van der Waals surface area contributed by atoms with Crippen molar-refractivity contribution in [2.75, 3.05) is 5.32 Å². The molecule has 0 radical (unpaired) electrons. The van der Waals surface area contributed by atoms with Crippen LogP contribution in [0.4, 0.5) is 10.1 Å². The summed E-state index contributed by atoms with van der Waals surface area (Å²) in [7, 11) is 0. The maximum absolute atomic E-state index is 13.6. The van der Waals surface area contributed by atoms with Crippen LogP contribution in [0.3, 0.4) is 0 Å². The van der Waals surface area contributed by atoms with Crippen molar-refractivity contribution in [1.29, 1.82) is 0 Å². The number of nitrogens with one attached hydrogen (secondary N) is 2. The maximum atomic E-state index is 13.6. The van der Waals surface area contributed by atoms with Gasteiger partial charge >= 0.3 is 0 Å². The van der Waals surface area contributed by atoms with Crippen LogP contribution in [0.5, 0.6) is 0 Å². The molecule has 6 heteroatoms. The number of hydrogen-bond donors (Lipinski definition) is 2. The Balaban J connectivity index is 2.00. The molecule has 0 saturated heterocycles. The monoisotopic (exact) mass is 364 g/mol. The number of halogens is 2. The lowest BCUT2D eigenvalue weighted by molar-refractivity contribution is -0.114. The van der Waals surface area contributed by atoms with E-state index in [1.807, 2.05) is 0 Å². The van der Waals surface area contributed by atoms with Crippen LogP contribution in [-0.4, -0.2) is 11.8 Å². The van der Waals surface area contributed by atoms with Crippen molar-refractivity contribution in [3.05, 3.63) is 63.9 Å². The molecule has 114 valence electrons. The minimum absolute atomic E-state index is 0.0948. The first kappa shape index (κ1) is 16.2. The highest BCUT2D eigenvalue weighted by Gasteiger charge is 2.08. The molecule has 2 rings (SSSR count). The molecule has 0 bridgehead atoms. The summed E-state index contributed by atoms with van der Waals surface area (Å²) in [5, 5.41) is 5.27. The molecule has 0 aliphatic heterocycles. The van der Waals surface area contributed by atoms with Crippen LogP contribution in [0, 0.1) is 5.82 Å². The van der Waals surface area contributed by atoms with Gasteiger partial charge in [0.15, 0.2) is 0 Å². The largest absolute Gasteiger partial charge is 0.348 e. The van der Waals surface area contributed by atoms with Crippen LogP contribution < -0.4 is 10.6 Å². The molecule has 0 aromatic heterocycles. The second-order valence-electron chi connectivity index (χ2n) is 4.68. The van der Waals surface area contributed by atoms with Crippen LogP contribution in [0.1, 0.15) is 22.8 Å². The minimum Gasteiger partial charge on any atom is -0.348 e. The first-order chi connectivity index (χ1) is 10.5. The van der Waals surface area contributed by atoms with Gasteiger partial charge in [0.2, 0.25) is 5.91 Å². The number of benzene rings is 2. The zero-order chi connectivity index (χ0) is 16.1. The third kappa shape index (κ3) is 4.39. The number of carbonyl (C=O) groups excluding carboxylic acids is 2. The van der Waals surface area contributed by atoms with Crippen molar-refractivity contribution in [1.82, 2.24) is 5.32 Å². The van der Waals surface area contributed by atoms with E-state index in [-0.39, 0.29) is 24.2 Å². The van der Waals surface area contributed by atoms with Crippen molar-refractivity contribution in [3.8, 4) is 0 Å². The van der Waals surface area contributed by atoms with Gasteiger partial charge in [0.1, 0.15) is 5.82 Å². The molecular weight excluding hydrogens is 351 g/mol. The van der Waals surface area contributed by atoms with E-state index in [0.717, 1.165) is 4.47 Å². The Labute approximate surface area is 135 Å². The van der Waals surface area contributed by atoms with Crippen molar-refractivity contribution >= 4 is 33.4 Å². The van der Waals surface area contributed by atoms with Gasteiger partial charge in [0.05, 0.1) is 0 Å². The van der Waals surface area contributed by atoms with E-state index in [4.69, 9.17) is 0 Å². The summed E-state index contributed by atoms with van der Waals surface area (Å²) in [5.41, 5.74) is 1.45. The van der Waals surface area contributed by atoms with Crippen LogP contribution in [0.2, 0.25) is 0 Å². The molecule has 0 heterocycles. The molecule has 0 aliphatic rings. The number of rotatable bonds is 4. The Morgan fingerprint density at radius 1 is 1.14 bits per heavy atom. The molecule has 22 heavy (non-hydrogen) atoms. The Morgan fingerprint density at radius 3 is 2.45 bits per heavy atom. The standard InChI is InChI=1S/C16H14BrFN2O2/c1-10(21)20-14-5-2-11(3-6-14)16(22)19-9-12-8-13(17)4-7-15(12)18/h2-8H,9H2,1H3,(H,19,22)(H,20,21). The smallest absolute Gasteiger partial charge is 0.251 e. The van der Waals surface area contributed by atoms with E-state index in [0.29, 0.717) is 16.8 Å². The average Bonchev–Trinajstić information content (AvgIpc) is 2.48. The second-order valence-corrected chi connectivity index (χ2v) is 5.59. The lowest BCUT2D eigenvalue weighted by atomic mass is 10.1. The van der Waals surface area contributed by atoms with Gasteiger partial charge in [-0.2, -0.15) is 0 Å². The molecule has 0 fully saturated rings. The van der Waals surface area contributed by atoms with E-state index in [9.17, 15) is 14.0 Å². The first-order valence-corrected chi connectivity index (χ1v) is 7.35. The maximum Gasteiger partial charge on any atom is 0.251 e. The van der Waals surface area contributed by atoms with Crippen LogP contribution in [0.25, 0.3) is 0 Å². The summed E-state index contributed by atoms with van der Waals surface area (Å²) in [5.74, 6) is -0.861. The van der Waals surface area contributed by atoms with Gasteiger partial charge in [-0.1, -0.05) is 15.9 Å². The molecule has 4 nitrogen and oxygen atoms in total. The Bertz CT molecular complexity index is 702. The molecule has 0 aliphatic carbocycles. The van der Waals surface area contributed by atoms with Crippen LogP contribution in [0.15, 0.2) is 46.9 Å². The third-order valence-electron chi connectivity index (χ3n) is 2.91. The molecule has 2 aromatic carbocycles. The lowest BCUT2D eigenvalue weighted by Crippen LogP contribution is -2.23. The fourth-order valence-corrected chi connectivity index (χ4v) is 2.27. The van der Waals surface area contributed by atoms with Gasteiger partial charge in [0, 0.05) is 34.8 Å². The first-order valence-electron chi connectivity index (χ1n) is 6.55. The van der Waals surface area contributed by atoms with Gasteiger partial charge in [-0.25, -0.2) is 4.39 Å². The number of hydrogen-bond acceptors (Lipinski definition) is 2. The quantitative estimate of drug-likeness (QED) is 0.872. The molecule has 2 N–H and O–H groups in total. The summed E-state index contributed by atoms with van der Waals surface area (Å²) >= 11 is 3.26. The van der Waals surface area contributed by atoms with Crippen LogP contribution in [-0.2, 0) is 11.3 Å². The highest BCUT2D eigenvalue weighted by atomic mass is 79.9. The summed E-state index contributed by atoms with van der Waals surface area (Å²) < 4.78 is 14.3. The Hall–Kier alpha value is -2.21. The van der Waals surface area contributed by atoms with Crippen molar-refractivity contribution < 1.29 is 14.0 Å². The third-order valence-corrected chi connectivity index (χ3v) is 3.41. The molecule has 0 spiro atoms. The zero-order valence-electron chi connectivity index (χ0n) is 11.8. The van der Waals surface area contributed by atoms with Gasteiger partial charge in [-0.3, -0.25) is 9.59 Å². The molecule has 0 atom stereocenters. The molecule has 0 saturated carbocycles. The molecular formula is C16H14BrFN2O2. The summed E-state index contributed by atoms with van der Waals surface area (Å²) in [6.07, 6.45) is 0. The van der Waals surface area contributed by atoms with Gasteiger partial charge in [-0.05, 0) is 42.5 Å². The van der Waals surface area contributed by atoms with Gasteiger partial charge in [-0.15, -0.1) is 0 Å². The van der Waals surface area contributed by atoms with E-state index in [1.54, 1.807) is 36.4 Å². The average molecular weight is 365 g/mol. The predicted octanol–water partition coefficient (Wildman–Crippen LogP) is 3.48. The van der Waals surface area contributed by atoms with E-state index < -0.39 is 0 Å². The van der Waals surface area contributed by atoms with Gasteiger partial charge < -0.3 is 10.6 Å². The fourth-order valence-electron chi connectivity index (χ4n) is 1.86. The highest BCUT2D eigenvalue weighted by molar-refractivity contribution is 9.10. The van der Waals surface area contributed by atoms with Gasteiger partial charge in [0.25, 0.3) is 5.91 Å². The summed E-state index contributed by atoms with van der Waals surface area (Å²) in [6, 6.07) is 11.0. The van der Waals surface area contributed by atoms with Crippen LogP contribution >= 0.6 is 15.9 Å². The molecule has 2 amide bonds. The summed E-state index contributed by atoms with van der Waals surface area (Å²) in [4.78, 5) is 22.9. The fraction of sp³-hybridized carbons (Fsp3) is 0.125. The number of amides is 2. The van der Waals surface area contributed by atoms with E-state index in [1.165, 1.54) is 13.0 Å². The minimum atomic E-state index is -0.371. The highest BCUT2D eigenvalue weighted by Crippen LogP contribution is 2.15. The molecule has 0 unspecified atom stereocenters. The predicted molar refractivity (Wildman–Crippen MR) is 86.0 cm³/mol. The Kier molecular flexibility index (Phi) is 5.27. The SMILES string of the molecule is CC(=O)Nc1ccc(C(=O)NCc2cc(Br)ccc2F)cc1. The summed E-state index contributed by atoms with van der Waals surface area (Å²) in [6.45, 7) is 1.50. The van der Waals surface area contributed by atoms with Crippen molar-refractivity contribution in [2.24, 2.45) is 0 Å². The van der Waals surface area contributed by atoms with Crippen molar-refractivity contribution in [2.45, 2.75) is 13.5 Å². The zero-order valence-corrected chi connectivity index (χ0v) is 13.4. The van der Waals surface area contributed by atoms with E-state index in [2.05, 4.69) is 26.6 Å². The van der Waals surface area contributed by atoms with E-state index >= 15 is 0 Å².